The summed E-state index contributed by atoms with van der Waals surface area (Å²) in [6.07, 6.45) is 3.09. The minimum Gasteiger partial charge on any atom is -0.246 e. The molecule has 0 aliphatic heterocycles. The van der Waals surface area contributed by atoms with Gasteiger partial charge in [-0.3, -0.25) is 0 Å². The Balaban J connectivity index is 3.22. The van der Waals surface area contributed by atoms with Gasteiger partial charge in [-0.2, -0.15) is 9.03 Å². The van der Waals surface area contributed by atoms with E-state index in [9.17, 15) is 9.59 Å². The molecule has 0 aliphatic carbocycles. The molecule has 0 spiro atoms. The van der Waals surface area contributed by atoms with Crippen LogP contribution in [-0.2, 0) is 7.05 Å². The lowest BCUT2D eigenvalue weighted by molar-refractivity contribution is 0.718. The number of aromatic nitrogens is 3. The van der Waals surface area contributed by atoms with E-state index in [1.54, 1.807) is 12.4 Å². The molecule has 0 N–H and O–H groups in total. The van der Waals surface area contributed by atoms with Crippen LogP contribution in [0.25, 0.3) is 0 Å². The van der Waals surface area contributed by atoms with Gasteiger partial charge in [-0.15, -0.1) is 0 Å². The predicted octanol–water partition coefficient (Wildman–Crippen LogP) is -1.46. The van der Waals surface area contributed by atoms with Crippen LogP contribution in [0.5, 0.6) is 0 Å². The third-order valence-corrected chi connectivity index (χ3v) is 1.55. The molecule has 2 aromatic rings. The van der Waals surface area contributed by atoms with Crippen LogP contribution in [0.1, 0.15) is 0 Å². The largest absolute Gasteiger partial charge is 0.351 e. The molecule has 0 aliphatic rings. The average molecular weight is 139 g/mol. The molecule has 0 atom stereocenters. The molecule has 0 bridgehead atoms. The van der Waals surface area contributed by atoms with Crippen molar-refractivity contribution in [2.45, 2.75) is 0 Å². The van der Waals surface area contributed by atoms with Crippen molar-refractivity contribution in [1.82, 2.24) is 13.6 Å². The molecule has 0 saturated heterocycles. The Morgan fingerprint density at radius 2 is 1.50 bits per heavy atom. The molecule has 0 fully saturated rings. The maximum atomic E-state index is 10.9. The second-order valence-corrected chi connectivity index (χ2v) is 2.11. The van der Waals surface area contributed by atoms with Crippen LogP contribution in [0.2, 0.25) is 0 Å². The zero-order valence-corrected chi connectivity index (χ0v) is 5.31. The molecule has 0 aromatic carbocycles. The minimum absolute atomic E-state index is 0.299. The van der Waals surface area contributed by atoms with E-state index in [-0.39, 0.29) is 11.4 Å². The monoisotopic (exact) mass is 139 g/mol. The fraction of sp³-hybridized carbons (Fsp3) is 0.200. The Bertz CT molecular complexity index is 418. The van der Waals surface area contributed by atoms with Crippen LogP contribution in [0.3, 0.4) is 0 Å². The molecule has 52 valence electrons. The molecular weight excluding hydrogens is 134 g/mol. The quantitative estimate of drug-likeness (QED) is 0.447. The molecule has 0 radical (unpaired) electrons. The lowest BCUT2D eigenvalue weighted by Crippen LogP contribution is -2.23. The Morgan fingerprint density at radius 1 is 1.10 bits per heavy atom. The lowest BCUT2D eigenvalue weighted by Gasteiger charge is -1.93. The van der Waals surface area contributed by atoms with Crippen molar-refractivity contribution < 1.29 is 0 Å². The summed E-state index contributed by atoms with van der Waals surface area (Å²) in [5, 5.41) is 0. The molecule has 0 amide bonds. The summed E-state index contributed by atoms with van der Waals surface area (Å²) >= 11 is 0. The van der Waals surface area contributed by atoms with Crippen molar-refractivity contribution in [1.29, 1.82) is 0 Å². The molecule has 2 heterocycles. The maximum absolute atomic E-state index is 10.9. The first-order chi connectivity index (χ1) is 4.72. The highest BCUT2D eigenvalue weighted by Gasteiger charge is 2.06. The molecule has 2 rings (SSSR count). The summed E-state index contributed by atoms with van der Waals surface area (Å²) in [7, 11) is 1.45. The highest BCUT2D eigenvalue weighted by atomic mass is 16.2. The van der Waals surface area contributed by atoms with Gasteiger partial charge in [0.25, 0.3) is 0 Å². The van der Waals surface area contributed by atoms with Crippen LogP contribution >= 0.6 is 0 Å². The standard InChI is InChI=1S/C5H5N3O2/c1-6-4(9)7-2-3-8(7)5(6)10/h2-3H,1H3. The van der Waals surface area contributed by atoms with Crippen LogP contribution in [0.4, 0.5) is 0 Å². The summed E-state index contributed by atoms with van der Waals surface area (Å²) < 4.78 is 3.56. The van der Waals surface area contributed by atoms with E-state index in [4.69, 9.17) is 0 Å². The van der Waals surface area contributed by atoms with Gasteiger partial charge in [-0.25, -0.2) is 14.2 Å². The van der Waals surface area contributed by atoms with Gasteiger partial charge in [0.15, 0.2) is 0 Å². The van der Waals surface area contributed by atoms with Crippen molar-refractivity contribution in [3.05, 3.63) is 33.4 Å². The van der Waals surface area contributed by atoms with E-state index >= 15 is 0 Å². The Morgan fingerprint density at radius 3 is 1.70 bits per heavy atom. The second-order valence-electron chi connectivity index (χ2n) is 2.11. The van der Waals surface area contributed by atoms with Crippen LogP contribution in [0, 0.1) is 0 Å². The van der Waals surface area contributed by atoms with E-state index in [2.05, 4.69) is 0 Å². The summed E-state index contributed by atoms with van der Waals surface area (Å²) in [4.78, 5) is 21.8. The Kier molecular flexibility index (Phi) is 0.692. The first kappa shape index (κ1) is 5.28. The molecular formula is C5H5N3O2. The zero-order valence-electron chi connectivity index (χ0n) is 5.31. The van der Waals surface area contributed by atoms with E-state index in [1.807, 2.05) is 0 Å². The van der Waals surface area contributed by atoms with Gasteiger partial charge in [-0.1, -0.05) is 0 Å². The van der Waals surface area contributed by atoms with Gasteiger partial charge in [0.05, 0.1) is 12.4 Å². The second kappa shape index (κ2) is 1.31. The summed E-state index contributed by atoms with van der Waals surface area (Å²) in [5.41, 5.74) is -0.597. The van der Waals surface area contributed by atoms with Crippen molar-refractivity contribution in [2.24, 2.45) is 7.05 Å². The van der Waals surface area contributed by atoms with Gasteiger partial charge in [0.1, 0.15) is 0 Å². The van der Waals surface area contributed by atoms with Gasteiger partial charge in [0.2, 0.25) is 0 Å². The first-order valence-corrected chi connectivity index (χ1v) is 2.80. The third-order valence-electron chi connectivity index (χ3n) is 1.55. The van der Waals surface area contributed by atoms with Crippen molar-refractivity contribution >= 4 is 0 Å². The molecule has 5 nitrogen and oxygen atoms in total. The fourth-order valence-corrected chi connectivity index (χ4v) is 0.901. The molecule has 5 heteroatoms. The predicted molar refractivity (Wildman–Crippen MR) is 33.5 cm³/mol. The van der Waals surface area contributed by atoms with Gasteiger partial charge < -0.3 is 0 Å². The summed E-state index contributed by atoms with van der Waals surface area (Å²) in [6.45, 7) is 0. The third kappa shape index (κ3) is 0.353. The van der Waals surface area contributed by atoms with Crippen LogP contribution < -0.4 is 11.4 Å². The van der Waals surface area contributed by atoms with Crippen molar-refractivity contribution in [2.75, 3.05) is 0 Å². The fourth-order valence-electron chi connectivity index (χ4n) is 0.901. The van der Waals surface area contributed by atoms with E-state index in [0.717, 1.165) is 4.57 Å². The van der Waals surface area contributed by atoms with Crippen molar-refractivity contribution in [3.63, 3.8) is 0 Å². The molecule has 0 saturated carbocycles. The normalized spacial score (nSPS) is 11.3. The van der Waals surface area contributed by atoms with Gasteiger partial charge >= 0.3 is 11.4 Å². The number of nitrogens with zero attached hydrogens (tertiary/aromatic N) is 3. The van der Waals surface area contributed by atoms with Crippen molar-refractivity contribution in [3.8, 4) is 0 Å². The number of hydrogen-bond donors (Lipinski definition) is 0. The number of rotatable bonds is 0. The van der Waals surface area contributed by atoms with Gasteiger partial charge in [-0.05, 0) is 0 Å². The van der Waals surface area contributed by atoms with Crippen LogP contribution in [0.15, 0.2) is 22.0 Å². The number of hydrogen-bond acceptors (Lipinski definition) is 2. The highest BCUT2D eigenvalue weighted by molar-refractivity contribution is 4.84. The van der Waals surface area contributed by atoms with E-state index in [1.165, 1.54) is 16.1 Å². The summed E-state index contributed by atoms with van der Waals surface area (Å²) in [6, 6.07) is 0. The minimum atomic E-state index is -0.299. The lowest BCUT2D eigenvalue weighted by atomic mass is 10.8. The van der Waals surface area contributed by atoms with Gasteiger partial charge in [0, 0.05) is 7.05 Å². The Hall–Kier alpha value is -1.52. The zero-order chi connectivity index (χ0) is 7.30. The molecule has 0 unspecified atom stereocenters. The topological polar surface area (TPSA) is 47.9 Å². The number of fused-ring (bicyclic) bond motifs is 1. The molecule has 10 heavy (non-hydrogen) atoms. The Labute approximate surface area is 55.1 Å². The molecule has 2 aromatic heterocycles. The maximum Gasteiger partial charge on any atom is 0.351 e. The van der Waals surface area contributed by atoms with E-state index in [0.29, 0.717) is 0 Å². The first-order valence-electron chi connectivity index (χ1n) is 2.80. The average Bonchev–Trinajstić information content (AvgIpc) is 1.92. The SMILES string of the molecule is Cn1c(=O)n2ccn2c1=O. The highest BCUT2D eigenvalue weighted by Crippen LogP contribution is 1.79. The smallest absolute Gasteiger partial charge is 0.246 e. The van der Waals surface area contributed by atoms with E-state index < -0.39 is 0 Å². The van der Waals surface area contributed by atoms with Crippen LogP contribution in [-0.4, -0.2) is 13.6 Å². The summed E-state index contributed by atoms with van der Waals surface area (Å²) in [5.74, 6) is 0.